The maximum Gasteiger partial charge on any atom is 0.417 e. The largest absolute Gasteiger partial charge is 0.455 e. The smallest absolute Gasteiger partial charge is 0.417 e. The van der Waals surface area contributed by atoms with Crippen LogP contribution in [0.25, 0.3) is 0 Å². The molecule has 1 N–H and O–H groups in total. The van der Waals surface area contributed by atoms with Gasteiger partial charge in [0.2, 0.25) is 0 Å². The summed E-state index contributed by atoms with van der Waals surface area (Å²) in [4.78, 5) is 28.1. The number of hydrogen-bond acceptors (Lipinski definition) is 4. The minimum Gasteiger partial charge on any atom is -0.455 e. The molecule has 1 aromatic heterocycles. The Morgan fingerprint density at radius 3 is 2.45 bits per heavy atom. The first-order chi connectivity index (χ1) is 13.5. The van der Waals surface area contributed by atoms with E-state index in [1.54, 1.807) is 0 Å². The van der Waals surface area contributed by atoms with E-state index in [1.807, 2.05) is 0 Å². The molecule has 2 atom stereocenters. The molecule has 0 unspecified atom stereocenters. The summed E-state index contributed by atoms with van der Waals surface area (Å²) in [6.45, 7) is -0.565. The molecule has 4 saturated carbocycles. The molecule has 158 valence electrons. The molecule has 5 rings (SSSR count). The molecule has 0 saturated heterocycles. The molecule has 0 aliphatic heterocycles. The molecule has 1 amide bonds. The van der Waals surface area contributed by atoms with Crippen LogP contribution in [0.15, 0.2) is 12.3 Å². The Labute approximate surface area is 175 Å². The van der Waals surface area contributed by atoms with Gasteiger partial charge in [0.25, 0.3) is 5.91 Å². The minimum atomic E-state index is -4.59. The van der Waals surface area contributed by atoms with E-state index in [9.17, 15) is 22.8 Å². The van der Waals surface area contributed by atoms with Crippen molar-refractivity contribution in [2.75, 3.05) is 11.9 Å². The highest BCUT2D eigenvalue weighted by Crippen LogP contribution is 2.64. The number of halogens is 5. The molecule has 10 heteroatoms. The molecule has 1 heterocycles. The number of alkyl halides is 4. The van der Waals surface area contributed by atoms with E-state index in [-0.39, 0.29) is 15.7 Å². The third-order valence-corrected chi connectivity index (χ3v) is 6.91. The van der Waals surface area contributed by atoms with Crippen molar-refractivity contribution in [2.24, 2.45) is 17.3 Å². The highest BCUT2D eigenvalue weighted by molar-refractivity contribution is 6.33. The number of esters is 1. The SMILES string of the molecule is O=C(COC(=O)C12C[C@H]3C[C@@H](CC(Cl)(C3)C1)C2)Nc1ncc(C(F)(F)F)cc1Cl. The van der Waals surface area contributed by atoms with Crippen molar-refractivity contribution >= 4 is 40.9 Å². The molecule has 4 bridgehead atoms. The number of pyridine rings is 1. The summed E-state index contributed by atoms with van der Waals surface area (Å²) in [6.07, 6.45) is 0.908. The lowest BCUT2D eigenvalue weighted by Crippen LogP contribution is -2.56. The van der Waals surface area contributed by atoms with E-state index < -0.39 is 35.6 Å². The van der Waals surface area contributed by atoms with Gasteiger partial charge in [-0.15, -0.1) is 11.6 Å². The molecule has 29 heavy (non-hydrogen) atoms. The number of nitrogens with zero attached hydrogens (tertiary/aromatic N) is 1. The van der Waals surface area contributed by atoms with Crippen LogP contribution >= 0.6 is 23.2 Å². The van der Waals surface area contributed by atoms with Gasteiger partial charge in [-0.25, -0.2) is 4.98 Å². The lowest BCUT2D eigenvalue weighted by Gasteiger charge is -2.58. The van der Waals surface area contributed by atoms with Gasteiger partial charge in [0.15, 0.2) is 12.4 Å². The van der Waals surface area contributed by atoms with Crippen molar-refractivity contribution < 1.29 is 27.5 Å². The normalized spacial score (nSPS) is 32.9. The summed E-state index contributed by atoms with van der Waals surface area (Å²) in [5, 5.41) is 1.92. The maximum atomic E-state index is 12.8. The highest BCUT2D eigenvalue weighted by Gasteiger charge is 2.60. The summed E-state index contributed by atoms with van der Waals surface area (Å²) in [5.41, 5.74) is -1.67. The zero-order valence-corrected chi connectivity index (χ0v) is 16.8. The molecule has 1 aromatic rings. The van der Waals surface area contributed by atoms with E-state index in [0.29, 0.717) is 30.5 Å². The Morgan fingerprint density at radius 1 is 1.24 bits per heavy atom. The lowest BCUT2D eigenvalue weighted by molar-refractivity contribution is -0.171. The standard InChI is InChI=1S/C19H19Cl2F3N2O3/c20-13-2-12(19(22,23)24)7-25-15(13)26-14(27)8-29-16(28)17-3-10-1-11(4-17)6-18(21,5-10)9-17/h2,7,10-11H,1,3-6,8-9H2,(H,25,26,27)/t10-,11-,17?,18?/m1/s1. The fourth-order valence-corrected chi connectivity index (χ4v) is 6.43. The first-order valence-electron chi connectivity index (χ1n) is 9.37. The van der Waals surface area contributed by atoms with Crippen LogP contribution in [0.2, 0.25) is 5.02 Å². The summed E-state index contributed by atoms with van der Waals surface area (Å²) in [5.74, 6) is -0.568. The van der Waals surface area contributed by atoms with Gasteiger partial charge in [-0.2, -0.15) is 13.2 Å². The molecule has 4 aliphatic rings. The third-order valence-electron chi connectivity index (χ3n) is 6.18. The van der Waals surface area contributed by atoms with Crippen LogP contribution in [0.1, 0.15) is 44.1 Å². The van der Waals surface area contributed by atoms with Gasteiger partial charge in [-0.1, -0.05) is 11.6 Å². The predicted octanol–water partition coefficient (Wildman–Crippen LogP) is 4.81. The van der Waals surface area contributed by atoms with Crippen molar-refractivity contribution in [1.82, 2.24) is 4.98 Å². The first-order valence-corrected chi connectivity index (χ1v) is 10.1. The van der Waals surface area contributed by atoms with Crippen LogP contribution in [-0.2, 0) is 20.5 Å². The van der Waals surface area contributed by atoms with Gasteiger partial charge in [-0.05, 0) is 56.4 Å². The second-order valence-corrected chi connectivity index (χ2v) is 9.78. The number of hydrogen-bond donors (Lipinski definition) is 1. The quantitative estimate of drug-likeness (QED) is 0.527. The van der Waals surface area contributed by atoms with Gasteiger partial charge in [0.1, 0.15) is 0 Å². The van der Waals surface area contributed by atoms with Crippen LogP contribution in [0.5, 0.6) is 0 Å². The fraction of sp³-hybridized carbons (Fsp3) is 0.632. The number of aromatic nitrogens is 1. The molecular formula is C19H19Cl2F3N2O3. The monoisotopic (exact) mass is 450 g/mol. The average Bonchev–Trinajstić information content (AvgIpc) is 2.58. The van der Waals surface area contributed by atoms with E-state index in [4.69, 9.17) is 27.9 Å². The first kappa shape index (κ1) is 20.7. The Bertz CT molecular complexity index is 848. The lowest BCUT2D eigenvalue weighted by atomic mass is 9.49. The minimum absolute atomic E-state index is 0.227. The van der Waals surface area contributed by atoms with Gasteiger partial charge in [0, 0.05) is 11.1 Å². The Morgan fingerprint density at radius 2 is 1.90 bits per heavy atom. The number of anilines is 1. The van der Waals surface area contributed by atoms with Crippen LogP contribution < -0.4 is 5.32 Å². The van der Waals surface area contributed by atoms with Crippen molar-refractivity contribution in [3.63, 3.8) is 0 Å². The van der Waals surface area contributed by atoms with Crippen molar-refractivity contribution in [3.05, 3.63) is 22.8 Å². The summed E-state index contributed by atoms with van der Waals surface area (Å²) >= 11 is 12.5. The number of rotatable bonds is 4. The van der Waals surface area contributed by atoms with Gasteiger partial charge in [-0.3, -0.25) is 9.59 Å². The molecule has 0 aromatic carbocycles. The van der Waals surface area contributed by atoms with Crippen molar-refractivity contribution in [1.29, 1.82) is 0 Å². The Balaban J connectivity index is 1.36. The zero-order chi connectivity index (χ0) is 21.0. The molecule has 4 fully saturated rings. The molecule has 0 radical (unpaired) electrons. The number of ether oxygens (including phenoxy) is 1. The van der Waals surface area contributed by atoms with Gasteiger partial charge >= 0.3 is 12.1 Å². The van der Waals surface area contributed by atoms with Crippen molar-refractivity contribution in [2.45, 2.75) is 49.6 Å². The second-order valence-electron chi connectivity index (χ2n) is 8.57. The fourth-order valence-electron chi connectivity index (χ4n) is 5.53. The molecular weight excluding hydrogens is 432 g/mol. The Kier molecular flexibility index (Phi) is 5.01. The number of carbonyl (C=O) groups is 2. The zero-order valence-electron chi connectivity index (χ0n) is 15.3. The van der Waals surface area contributed by atoms with Crippen LogP contribution in [0.3, 0.4) is 0 Å². The number of nitrogens with one attached hydrogen (secondary N) is 1. The van der Waals surface area contributed by atoms with Gasteiger partial charge in [0.05, 0.1) is 16.0 Å². The highest BCUT2D eigenvalue weighted by atomic mass is 35.5. The van der Waals surface area contributed by atoms with E-state index >= 15 is 0 Å². The molecule has 4 aliphatic carbocycles. The van der Waals surface area contributed by atoms with Crippen LogP contribution in [0.4, 0.5) is 19.0 Å². The third kappa shape index (κ3) is 4.06. The van der Waals surface area contributed by atoms with E-state index in [1.165, 1.54) is 0 Å². The van der Waals surface area contributed by atoms with E-state index in [2.05, 4.69) is 10.3 Å². The van der Waals surface area contributed by atoms with Crippen molar-refractivity contribution in [3.8, 4) is 0 Å². The van der Waals surface area contributed by atoms with Crippen LogP contribution in [0, 0.1) is 17.3 Å². The van der Waals surface area contributed by atoms with Crippen LogP contribution in [-0.4, -0.2) is 28.3 Å². The predicted molar refractivity (Wildman–Crippen MR) is 99.5 cm³/mol. The topological polar surface area (TPSA) is 68.3 Å². The Hall–Kier alpha value is -1.54. The number of amides is 1. The van der Waals surface area contributed by atoms with E-state index in [0.717, 1.165) is 32.1 Å². The second kappa shape index (κ2) is 7.01. The molecule has 0 spiro atoms. The maximum absolute atomic E-state index is 12.8. The summed E-state index contributed by atoms with van der Waals surface area (Å²) < 4.78 is 43.2. The van der Waals surface area contributed by atoms with Gasteiger partial charge < -0.3 is 10.1 Å². The average molecular weight is 451 g/mol. The summed E-state index contributed by atoms with van der Waals surface area (Å²) in [6, 6.07) is 0.672. The molecule has 5 nitrogen and oxygen atoms in total. The summed E-state index contributed by atoms with van der Waals surface area (Å²) in [7, 11) is 0. The number of carbonyl (C=O) groups excluding carboxylic acids is 2.